The molecule has 0 radical (unpaired) electrons. The van der Waals surface area contributed by atoms with Gasteiger partial charge in [0.25, 0.3) is 0 Å². The number of primary sulfonamides is 1. The summed E-state index contributed by atoms with van der Waals surface area (Å²) < 4.78 is 27.9. The topological polar surface area (TPSA) is 86.5 Å². The van der Waals surface area contributed by atoms with Crippen molar-refractivity contribution in [3.05, 3.63) is 70.3 Å². The molecule has 0 unspecified atom stereocenters. The van der Waals surface area contributed by atoms with Gasteiger partial charge in [0.2, 0.25) is 10.0 Å². The molecule has 0 spiro atoms. The van der Waals surface area contributed by atoms with E-state index in [1.807, 2.05) is 12.1 Å². The first-order valence-corrected chi connectivity index (χ1v) is 9.08. The number of halogens is 1. The molecule has 1 heterocycles. The first-order valence-electron chi connectivity index (χ1n) is 7.16. The molecule has 0 saturated carbocycles. The molecular weight excluding hydrogens is 350 g/mol. The molecule has 2 aromatic rings. The van der Waals surface area contributed by atoms with Gasteiger partial charge in [0.15, 0.2) is 0 Å². The maximum Gasteiger partial charge on any atom is 0.334 e. The summed E-state index contributed by atoms with van der Waals surface area (Å²) in [5, 5.41) is 5.71. The lowest BCUT2D eigenvalue weighted by Gasteiger charge is -2.12. The lowest BCUT2D eigenvalue weighted by atomic mass is 9.92. The highest BCUT2D eigenvalue weighted by Crippen LogP contribution is 2.32. The standard InChI is InChI=1S/C17H14ClNO4S/c18-13-5-1-11(2-6-13)16(15-9-10-23-17(15)20)12-3-7-14(8-4-12)24(19,21)22/h1-8H,9-10H2,(H2,19,21,22)/b16-15+. The minimum absolute atomic E-state index is 0.0145. The van der Waals surface area contributed by atoms with E-state index in [1.54, 1.807) is 24.3 Å². The van der Waals surface area contributed by atoms with Gasteiger partial charge in [-0.2, -0.15) is 0 Å². The molecule has 24 heavy (non-hydrogen) atoms. The lowest BCUT2D eigenvalue weighted by molar-refractivity contribution is -0.135. The highest BCUT2D eigenvalue weighted by Gasteiger charge is 2.25. The first kappa shape index (κ1) is 16.7. The first-order chi connectivity index (χ1) is 11.4. The highest BCUT2D eigenvalue weighted by molar-refractivity contribution is 7.89. The predicted molar refractivity (Wildman–Crippen MR) is 90.9 cm³/mol. The smallest absolute Gasteiger partial charge is 0.334 e. The maximum absolute atomic E-state index is 12.0. The summed E-state index contributed by atoms with van der Waals surface area (Å²) in [6.07, 6.45) is 0.494. The van der Waals surface area contributed by atoms with Gasteiger partial charge in [-0.05, 0) is 41.0 Å². The van der Waals surface area contributed by atoms with E-state index in [2.05, 4.69) is 0 Å². The summed E-state index contributed by atoms with van der Waals surface area (Å²) >= 11 is 5.93. The maximum atomic E-state index is 12.0. The van der Waals surface area contributed by atoms with Crippen LogP contribution < -0.4 is 5.14 Å². The zero-order valence-corrected chi connectivity index (χ0v) is 14.1. The molecule has 7 heteroatoms. The number of nitrogens with two attached hydrogens (primary N) is 1. The Bertz CT molecular complexity index is 916. The number of rotatable bonds is 3. The van der Waals surface area contributed by atoms with Crippen molar-refractivity contribution in [1.29, 1.82) is 0 Å². The number of hydrogen-bond acceptors (Lipinski definition) is 4. The molecule has 5 nitrogen and oxygen atoms in total. The molecule has 3 rings (SSSR count). The van der Waals surface area contributed by atoms with Crippen LogP contribution in [0.3, 0.4) is 0 Å². The Kier molecular flexibility index (Phi) is 4.45. The number of cyclic esters (lactones) is 1. The Balaban J connectivity index is 2.16. The van der Waals surface area contributed by atoms with E-state index < -0.39 is 10.0 Å². The molecule has 1 aliphatic heterocycles. The number of benzene rings is 2. The number of carbonyl (C=O) groups is 1. The van der Waals surface area contributed by atoms with Crippen LogP contribution in [-0.2, 0) is 19.6 Å². The van der Waals surface area contributed by atoms with Crippen molar-refractivity contribution in [3.8, 4) is 0 Å². The summed E-state index contributed by atoms with van der Waals surface area (Å²) in [4.78, 5) is 12.0. The van der Waals surface area contributed by atoms with Crippen molar-refractivity contribution in [3.63, 3.8) is 0 Å². The third kappa shape index (κ3) is 3.36. The Morgan fingerprint density at radius 1 is 1.00 bits per heavy atom. The average Bonchev–Trinajstić information content (AvgIpc) is 2.95. The van der Waals surface area contributed by atoms with E-state index in [0.29, 0.717) is 34.8 Å². The van der Waals surface area contributed by atoms with Gasteiger partial charge in [0, 0.05) is 17.0 Å². The van der Waals surface area contributed by atoms with Crippen molar-refractivity contribution >= 4 is 33.2 Å². The van der Waals surface area contributed by atoms with Crippen LogP contribution in [0.1, 0.15) is 17.5 Å². The van der Waals surface area contributed by atoms with Gasteiger partial charge >= 0.3 is 5.97 Å². The molecule has 0 aliphatic carbocycles. The Hall–Kier alpha value is -2.15. The van der Waals surface area contributed by atoms with Crippen molar-refractivity contribution in [1.82, 2.24) is 0 Å². The fraction of sp³-hybridized carbons (Fsp3) is 0.118. The molecule has 0 aromatic heterocycles. The SMILES string of the molecule is NS(=O)(=O)c1ccc(/C(=C2\CCOC2=O)c2ccc(Cl)cc2)cc1. The van der Waals surface area contributed by atoms with Crippen LogP contribution in [0.2, 0.25) is 5.02 Å². The van der Waals surface area contributed by atoms with E-state index in [1.165, 1.54) is 12.1 Å². The molecule has 2 aromatic carbocycles. The number of sulfonamides is 1. The van der Waals surface area contributed by atoms with Crippen LogP contribution in [0.25, 0.3) is 5.57 Å². The van der Waals surface area contributed by atoms with Crippen molar-refractivity contribution in [2.24, 2.45) is 5.14 Å². The average molecular weight is 364 g/mol. The normalized spacial score (nSPS) is 16.8. The van der Waals surface area contributed by atoms with Crippen molar-refractivity contribution < 1.29 is 17.9 Å². The molecule has 0 atom stereocenters. The van der Waals surface area contributed by atoms with E-state index >= 15 is 0 Å². The molecule has 1 aliphatic rings. The molecule has 0 bridgehead atoms. The van der Waals surface area contributed by atoms with Gasteiger partial charge in [-0.3, -0.25) is 0 Å². The summed E-state index contributed by atoms with van der Waals surface area (Å²) in [5.41, 5.74) is 2.77. The van der Waals surface area contributed by atoms with Gasteiger partial charge in [-0.15, -0.1) is 0 Å². The third-order valence-corrected chi connectivity index (χ3v) is 4.92. The van der Waals surface area contributed by atoms with E-state index in [-0.39, 0.29) is 10.9 Å². The third-order valence-electron chi connectivity index (χ3n) is 3.74. The number of esters is 1. The largest absolute Gasteiger partial charge is 0.462 e. The molecular formula is C17H14ClNO4S. The highest BCUT2D eigenvalue weighted by atomic mass is 35.5. The molecule has 1 saturated heterocycles. The number of carbonyl (C=O) groups excluding carboxylic acids is 1. The van der Waals surface area contributed by atoms with E-state index in [4.69, 9.17) is 21.5 Å². The fourth-order valence-corrected chi connectivity index (χ4v) is 3.25. The van der Waals surface area contributed by atoms with Gasteiger partial charge < -0.3 is 4.74 Å². The van der Waals surface area contributed by atoms with Crippen LogP contribution in [0.5, 0.6) is 0 Å². The van der Waals surface area contributed by atoms with Crippen LogP contribution in [0, 0.1) is 0 Å². The molecule has 1 fully saturated rings. The zero-order valence-electron chi connectivity index (χ0n) is 12.5. The molecule has 124 valence electrons. The summed E-state index contributed by atoms with van der Waals surface area (Å²) in [6, 6.07) is 13.2. The van der Waals surface area contributed by atoms with Crippen molar-refractivity contribution in [2.45, 2.75) is 11.3 Å². The molecule has 2 N–H and O–H groups in total. The second-order valence-electron chi connectivity index (χ2n) is 5.32. The Labute approximate surface area is 144 Å². The van der Waals surface area contributed by atoms with Crippen LogP contribution in [0.4, 0.5) is 0 Å². The predicted octanol–water partition coefficient (Wildman–Crippen LogP) is 2.74. The van der Waals surface area contributed by atoms with Gasteiger partial charge in [0.1, 0.15) is 0 Å². The van der Waals surface area contributed by atoms with E-state index in [0.717, 1.165) is 5.56 Å². The zero-order chi connectivity index (χ0) is 17.3. The minimum atomic E-state index is -3.77. The lowest BCUT2D eigenvalue weighted by Crippen LogP contribution is -2.12. The van der Waals surface area contributed by atoms with Crippen LogP contribution >= 0.6 is 11.6 Å². The van der Waals surface area contributed by atoms with Gasteiger partial charge in [-0.25, -0.2) is 18.4 Å². The van der Waals surface area contributed by atoms with Crippen LogP contribution in [-0.4, -0.2) is 21.0 Å². The second-order valence-corrected chi connectivity index (χ2v) is 7.31. The van der Waals surface area contributed by atoms with Crippen LogP contribution in [0.15, 0.2) is 59.0 Å². The van der Waals surface area contributed by atoms with Gasteiger partial charge in [0.05, 0.1) is 11.5 Å². The summed E-state index contributed by atoms with van der Waals surface area (Å²) in [6.45, 7) is 0.334. The summed E-state index contributed by atoms with van der Waals surface area (Å²) in [7, 11) is -3.77. The van der Waals surface area contributed by atoms with E-state index in [9.17, 15) is 13.2 Å². The quantitative estimate of drug-likeness (QED) is 0.671. The fourth-order valence-electron chi connectivity index (χ4n) is 2.60. The number of hydrogen-bond donors (Lipinski definition) is 1. The minimum Gasteiger partial charge on any atom is -0.462 e. The summed E-state index contributed by atoms with van der Waals surface area (Å²) in [5.74, 6) is -0.365. The number of ether oxygens (including phenoxy) is 1. The second kappa shape index (κ2) is 6.39. The van der Waals surface area contributed by atoms with Gasteiger partial charge in [-0.1, -0.05) is 35.9 Å². The molecule has 0 amide bonds. The monoisotopic (exact) mass is 363 g/mol. The van der Waals surface area contributed by atoms with Crippen molar-refractivity contribution in [2.75, 3.05) is 6.61 Å². The Morgan fingerprint density at radius 3 is 2.00 bits per heavy atom. The Morgan fingerprint density at radius 2 is 1.54 bits per heavy atom.